The maximum Gasteiger partial charge on any atom is 0.333 e. The number of ether oxygens (including phenoxy) is 2. The molecule has 0 aromatic rings. The average molecular weight is 272 g/mol. The van der Waals surface area contributed by atoms with Crippen LogP contribution in [0.15, 0.2) is 37.5 Å². The summed E-state index contributed by atoms with van der Waals surface area (Å²) in [5, 5.41) is 17.2. The van der Waals surface area contributed by atoms with E-state index in [4.69, 9.17) is 10.2 Å². The molecule has 0 saturated carbocycles. The highest BCUT2D eigenvalue weighted by Crippen LogP contribution is 1.92. The lowest BCUT2D eigenvalue weighted by Gasteiger charge is -2.04. The highest BCUT2D eigenvalue weighted by atomic mass is 16.6. The summed E-state index contributed by atoms with van der Waals surface area (Å²) in [6, 6.07) is 0. The van der Waals surface area contributed by atoms with Crippen molar-refractivity contribution >= 4 is 11.9 Å². The van der Waals surface area contributed by atoms with E-state index in [0.29, 0.717) is 5.57 Å². The lowest BCUT2D eigenvalue weighted by atomic mass is 10.3. The van der Waals surface area contributed by atoms with Gasteiger partial charge in [-0.1, -0.05) is 19.7 Å². The molecule has 2 unspecified atom stereocenters. The lowest BCUT2D eigenvalue weighted by molar-refractivity contribution is -0.154. The molecule has 0 aliphatic carbocycles. The van der Waals surface area contributed by atoms with E-state index in [1.54, 1.807) is 13.8 Å². The van der Waals surface area contributed by atoms with Crippen molar-refractivity contribution in [1.82, 2.24) is 0 Å². The number of hydrogen-bond donors (Lipinski definition) is 2. The third kappa shape index (κ3) is 14.0. The number of esters is 2. The fourth-order valence-electron chi connectivity index (χ4n) is 0.535. The summed E-state index contributed by atoms with van der Waals surface area (Å²) in [5.41, 5.74) is 0.348. The van der Waals surface area contributed by atoms with Crippen LogP contribution in [0.4, 0.5) is 0 Å². The molecular weight excluding hydrogens is 252 g/mol. The molecule has 0 heterocycles. The zero-order valence-corrected chi connectivity index (χ0v) is 11.2. The first kappa shape index (κ1) is 19.4. The van der Waals surface area contributed by atoms with E-state index in [2.05, 4.69) is 29.2 Å². The van der Waals surface area contributed by atoms with Crippen LogP contribution in [-0.2, 0) is 19.1 Å². The standard InChI is InChI=1S/C7H12O3.C6H8O3/c1-5(2)7(9)10-4-6(3)8;1-3-5(7)9-6(8)4-2/h6,8H,1,4H2,2-3H3;3-5,7H,1-2H2. The number of carbonyl (C=O) groups excluding carboxylic acids is 2. The Bertz CT molecular complexity index is 332. The molecule has 0 saturated heterocycles. The van der Waals surface area contributed by atoms with Gasteiger partial charge in [-0.3, -0.25) is 0 Å². The Morgan fingerprint density at radius 2 is 1.84 bits per heavy atom. The molecule has 108 valence electrons. The second-order valence-corrected chi connectivity index (χ2v) is 3.50. The van der Waals surface area contributed by atoms with Crippen LogP contribution in [0.1, 0.15) is 13.8 Å². The van der Waals surface area contributed by atoms with Crippen LogP contribution >= 0.6 is 0 Å². The summed E-state index contributed by atoms with van der Waals surface area (Å²) >= 11 is 0. The fourth-order valence-corrected chi connectivity index (χ4v) is 0.535. The summed E-state index contributed by atoms with van der Waals surface area (Å²) in [4.78, 5) is 20.8. The van der Waals surface area contributed by atoms with Gasteiger partial charge in [0.25, 0.3) is 0 Å². The van der Waals surface area contributed by atoms with Gasteiger partial charge in [0, 0.05) is 11.6 Å². The van der Waals surface area contributed by atoms with Crippen molar-refractivity contribution in [3.63, 3.8) is 0 Å². The van der Waals surface area contributed by atoms with E-state index in [1.165, 1.54) is 0 Å². The molecule has 6 nitrogen and oxygen atoms in total. The molecule has 0 aromatic heterocycles. The molecule has 2 N–H and O–H groups in total. The Morgan fingerprint density at radius 1 is 1.32 bits per heavy atom. The molecular formula is C13H20O6. The topological polar surface area (TPSA) is 93.1 Å². The third-order valence-electron chi connectivity index (χ3n) is 1.41. The first-order valence-electron chi connectivity index (χ1n) is 5.38. The second kappa shape index (κ2) is 11.2. The molecule has 0 aliphatic rings. The van der Waals surface area contributed by atoms with Crippen LogP contribution < -0.4 is 0 Å². The van der Waals surface area contributed by atoms with Crippen LogP contribution in [-0.4, -0.2) is 41.2 Å². The minimum atomic E-state index is -1.23. The first-order valence-corrected chi connectivity index (χ1v) is 5.38. The molecule has 0 aromatic carbocycles. The number of aliphatic hydroxyl groups is 2. The summed E-state index contributed by atoms with van der Waals surface area (Å²) in [6.45, 7) is 12.8. The molecule has 0 amide bonds. The highest BCUT2D eigenvalue weighted by molar-refractivity contribution is 5.86. The summed E-state index contributed by atoms with van der Waals surface area (Å²) < 4.78 is 8.81. The molecule has 0 spiro atoms. The van der Waals surface area contributed by atoms with Crippen molar-refractivity contribution in [3.8, 4) is 0 Å². The molecule has 0 rings (SSSR count). The zero-order chi connectivity index (χ0) is 15.4. The minimum absolute atomic E-state index is 0.0334. The van der Waals surface area contributed by atoms with Gasteiger partial charge in [0.2, 0.25) is 6.29 Å². The van der Waals surface area contributed by atoms with E-state index in [9.17, 15) is 9.59 Å². The van der Waals surface area contributed by atoms with E-state index < -0.39 is 24.3 Å². The Morgan fingerprint density at radius 3 is 2.16 bits per heavy atom. The van der Waals surface area contributed by atoms with Crippen LogP contribution in [0.25, 0.3) is 0 Å². The van der Waals surface area contributed by atoms with Crippen LogP contribution in [0, 0.1) is 0 Å². The van der Waals surface area contributed by atoms with E-state index in [1.807, 2.05) is 0 Å². The van der Waals surface area contributed by atoms with Gasteiger partial charge in [-0.05, 0) is 19.9 Å². The maximum absolute atomic E-state index is 10.6. The quantitative estimate of drug-likeness (QED) is 0.320. The predicted molar refractivity (Wildman–Crippen MR) is 69.9 cm³/mol. The van der Waals surface area contributed by atoms with Crippen molar-refractivity contribution in [3.05, 3.63) is 37.5 Å². The van der Waals surface area contributed by atoms with E-state index in [0.717, 1.165) is 12.2 Å². The van der Waals surface area contributed by atoms with Crippen molar-refractivity contribution in [2.24, 2.45) is 0 Å². The first-order chi connectivity index (χ1) is 8.74. The molecule has 19 heavy (non-hydrogen) atoms. The van der Waals surface area contributed by atoms with Crippen molar-refractivity contribution < 1.29 is 29.3 Å². The minimum Gasteiger partial charge on any atom is -0.460 e. The Kier molecular flexibility index (Phi) is 11.4. The number of rotatable bonds is 6. The van der Waals surface area contributed by atoms with Gasteiger partial charge in [-0.15, -0.1) is 0 Å². The smallest absolute Gasteiger partial charge is 0.333 e. The normalized spacial score (nSPS) is 12.0. The molecule has 6 heteroatoms. The molecule has 0 radical (unpaired) electrons. The zero-order valence-electron chi connectivity index (χ0n) is 11.2. The van der Waals surface area contributed by atoms with Crippen LogP contribution in [0.5, 0.6) is 0 Å². The van der Waals surface area contributed by atoms with Gasteiger partial charge in [0.1, 0.15) is 6.61 Å². The summed E-state index contributed by atoms with van der Waals surface area (Å²) in [7, 11) is 0. The van der Waals surface area contributed by atoms with Crippen molar-refractivity contribution in [2.75, 3.05) is 6.61 Å². The number of aliphatic hydroxyl groups excluding tert-OH is 2. The molecule has 0 aliphatic heterocycles. The van der Waals surface area contributed by atoms with E-state index in [-0.39, 0.29) is 6.61 Å². The molecule has 0 bridgehead atoms. The lowest BCUT2D eigenvalue weighted by Crippen LogP contribution is -2.15. The molecule has 0 fully saturated rings. The van der Waals surface area contributed by atoms with Crippen LogP contribution in [0.2, 0.25) is 0 Å². The average Bonchev–Trinajstić information content (AvgIpc) is 2.35. The number of carbonyl (C=O) groups is 2. The van der Waals surface area contributed by atoms with Crippen LogP contribution in [0.3, 0.4) is 0 Å². The SMILES string of the molecule is C=C(C)C(=O)OCC(C)O.C=CC(=O)OC(O)C=C. The van der Waals surface area contributed by atoms with Crippen molar-refractivity contribution in [1.29, 1.82) is 0 Å². The summed E-state index contributed by atoms with van der Waals surface area (Å²) in [5.74, 6) is -1.12. The Labute approximate surface area is 112 Å². The maximum atomic E-state index is 10.6. The van der Waals surface area contributed by atoms with Gasteiger partial charge in [0.15, 0.2) is 0 Å². The van der Waals surface area contributed by atoms with Gasteiger partial charge >= 0.3 is 11.9 Å². The second-order valence-electron chi connectivity index (χ2n) is 3.50. The highest BCUT2D eigenvalue weighted by Gasteiger charge is 2.04. The summed E-state index contributed by atoms with van der Waals surface area (Å²) in [6.07, 6.45) is 0.229. The van der Waals surface area contributed by atoms with E-state index >= 15 is 0 Å². The molecule has 2 atom stereocenters. The third-order valence-corrected chi connectivity index (χ3v) is 1.41. The Hall–Kier alpha value is -1.92. The fraction of sp³-hybridized carbons (Fsp3) is 0.385. The largest absolute Gasteiger partial charge is 0.460 e. The van der Waals surface area contributed by atoms with Crippen molar-refractivity contribution in [2.45, 2.75) is 26.2 Å². The van der Waals surface area contributed by atoms with Gasteiger partial charge in [0.05, 0.1) is 6.10 Å². The number of hydrogen-bond acceptors (Lipinski definition) is 6. The monoisotopic (exact) mass is 272 g/mol. The van der Waals surface area contributed by atoms with Gasteiger partial charge < -0.3 is 19.7 Å². The predicted octanol–water partition coefficient (Wildman–Crippen LogP) is 0.706. The Balaban J connectivity index is 0. The van der Waals surface area contributed by atoms with Gasteiger partial charge in [-0.25, -0.2) is 9.59 Å². The van der Waals surface area contributed by atoms with Gasteiger partial charge in [-0.2, -0.15) is 0 Å².